The van der Waals surface area contributed by atoms with Crippen LogP contribution in [0.5, 0.6) is 5.75 Å². The summed E-state index contributed by atoms with van der Waals surface area (Å²) in [5.74, 6) is 0.398. The van der Waals surface area contributed by atoms with E-state index in [2.05, 4.69) is 0 Å². The molecule has 1 aromatic rings. The second-order valence-corrected chi connectivity index (χ2v) is 3.02. The Morgan fingerprint density at radius 2 is 2.07 bits per heavy atom. The van der Waals surface area contributed by atoms with Crippen molar-refractivity contribution >= 4 is 0 Å². The monoisotopic (exact) mass is 219 g/mol. The number of alkyl halides is 3. The predicted octanol–water partition coefficient (Wildman–Crippen LogP) is 2.65. The molecular formula is C10H12F3NO. The van der Waals surface area contributed by atoms with Crippen molar-refractivity contribution in [1.82, 2.24) is 0 Å². The third-order valence-corrected chi connectivity index (χ3v) is 1.88. The summed E-state index contributed by atoms with van der Waals surface area (Å²) >= 11 is 0. The number of hydrogen-bond acceptors (Lipinski definition) is 2. The van der Waals surface area contributed by atoms with Crippen LogP contribution in [0.2, 0.25) is 0 Å². The molecule has 0 amide bonds. The van der Waals surface area contributed by atoms with Gasteiger partial charge in [0.2, 0.25) is 0 Å². The number of benzene rings is 1. The van der Waals surface area contributed by atoms with Crippen LogP contribution in [0.25, 0.3) is 0 Å². The van der Waals surface area contributed by atoms with Crippen molar-refractivity contribution in [1.29, 1.82) is 0 Å². The van der Waals surface area contributed by atoms with Crippen LogP contribution in [-0.2, 0) is 0 Å². The second kappa shape index (κ2) is 4.53. The standard InChI is InChI=1S/C10H12F3NO/c1-2-15-8-5-3-4-7(6-8)9(14)10(11,12)13/h3-6,9H,2,14H2,1H3/t9-/m1/s1. The van der Waals surface area contributed by atoms with E-state index in [0.29, 0.717) is 12.4 Å². The van der Waals surface area contributed by atoms with Gasteiger partial charge in [-0.05, 0) is 24.6 Å². The fourth-order valence-electron chi connectivity index (χ4n) is 1.15. The van der Waals surface area contributed by atoms with Crippen LogP contribution in [0.3, 0.4) is 0 Å². The normalized spacial score (nSPS) is 13.7. The molecule has 0 saturated carbocycles. The van der Waals surface area contributed by atoms with Crippen molar-refractivity contribution in [2.75, 3.05) is 6.61 Å². The molecule has 0 aliphatic carbocycles. The Morgan fingerprint density at radius 1 is 1.40 bits per heavy atom. The molecular weight excluding hydrogens is 207 g/mol. The van der Waals surface area contributed by atoms with Crippen LogP contribution in [0.4, 0.5) is 13.2 Å². The number of ether oxygens (including phenoxy) is 1. The third kappa shape index (κ3) is 3.13. The molecule has 0 aliphatic heterocycles. The average Bonchev–Trinajstić information content (AvgIpc) is 2.16. The fourth-order valence-corrected chi connectivity index (χ4v) is 1.15. The lowest BCUT2D eigenvalue weighted by Gasteiger charge is -2.16. The van der Waals surface area contributed by atoms with E-state index in [0.717, 1.165) is 0 Å². The van der Waals surface area contributed by atoms with Gasteiger partial charge < -0.3 is 10.5 Å². The van der Waals surface area contributed by atoms with Gasteiger partial charge in [-0.3, -0.25) is 0 Å². The molecule has 0 radical (unpaired) electrons. The maximum Gasteiger partial charge on any atom is 0.407 e. The zero-order chi connectivity index (χ0) is 11.5. The van der Waals surface area contributed by atoms with Crippen molar-refractivity contribution in [2.45, 2.75) is 19.1 Å². The quantitative estimate of drug-likeness (QED) is 0.848. The first-order valence-electron chi connectivity index (χ1n) is 4.50. The summed E-state index contributed by atoms with van der Waals surface area (Å²) in [6.45, 7) is 2.17. The largest absolute Gasteiger partial charge is 0.494 e. The van der Waals surface area contributed by atoms with E-state index >= 15 is 0 Å². The highest BCUT2D eigenvalue weighted by Crippen LogP contribution is 2.31. The molecule has 0 heterocycles. The summed E-state index contributed by atoms with van der Waals surface area (Å²) in [4.78, 5) is 0. The van der Waals surface area contributed by atoms with Crippen molar-refractivity contribution < 1.29 is 17.9 Å². The molecule has 5 heteroatoms. The van der Waals surface area contributed by atoms with Crippen LogP contribution >= 0.6 is 0 Å². The topological polar surface area (TPSA) is 35.2 Å². The Labute approximate surface area is 85.8 Å². The lowest BCUT2D eigenvalue weighted by molar-refractivity contribution is -0.149. The minimum Gasteiger partial charge on any atom is -0.494 e. The summed E-state index contributed by atoms with van der Waals surface area (Å²) in [6.07, 6.45) is -4.43. The number of rotatable bonds is 3. The lowest BCUT2D eigenvalue weighted by atomic mass is 10.1. The number of halogens is 3. The highest BCUT2D eigenvalue weighted by Gasteiger charge is 2.37. The third-order valence-electron chi connectivity index (χ3n) is 1.88. The van der Waals surface area contributed by atoms with Crippen LogP contribution < -0.4 is 10.5 Å². The van der Waals surface area contributed by atoms with Gasteiger partial charge in [-0.2, -0.15) is 13.2 Å². The molecule has 1 aromatic carbocycles. The van der Waals surface area contributed by atoms with Crippen LogP contribution in [0.1, 0.15) is 18.5 Å². The highest BCUT2D eigenvalue weighted by atomic mass is 19.4. The molecule has 0 unspecified atom stereocenters. The van der Waals surface area contributed by atoms with E-state index in [1.54, 1.807) is 13.0 Å². The molecule has 84 valence electrons. The van der Waals surface area contributed by atoms with Gasteiger partial charge in [0.15, 0.2) is 0 Å². The smallest absolute Gasteiger partial charge is 0.407 e. The van der Waals surface area contributed by atoms with E-state index in [-0.39, 0.29) is 5.56 Å². The maximum atomic E-state index is 12.3. The first-order chi connectivity index (χ1) is 6.95. The Kier molecular flexibility index (Phi) is 3.57. The summed E-state index contributed by atoms with van der Waals surface area (Å²) < 4.78 is 41.9. The Hall–Kier alpha value is -1.23. The van der Waals surface area contributed by atoms with E-state index in [1.165, 1.54) is 18.2 Å². The van der Waals surface area contributed by atoms with Crippen LogP contribution in [0.15, 0.2) is 24.3 Å². The molecule has 2 nitrogen and oxygen atoms in total. The van der Waals surface area contributed by atoms with Crippen molar-refractivity contribution in [3.05, 3.63) is 29.8 Å². The number of nitrogens with two attached hydrogens (primary N) is 1. The minimum absolute atomic E-state index is 0.00782. The number of hydrogen-bond donors (Lipinski definition) is 1. The van der Waals surface area contributed by atoms with E-state index in [1.807, 2.05) is 0 Å². The summed E-state index contributed by atoms with van der Waals surface area (Å²) in [7, 11) is 0. The van der Waals surface area contributed by atoms with E-state index < -0.39 is 12.2 Å². The Bertz CT molecular complexity index is 325. The molecule has 0 aromatic heterocycles. The second-order valence-electron chi connectivity index (χ2n) is 3.02. The SMILES string of the molecule is CCOc1cccc([C@@H](N)C(F)(F)F)c1. The summed E-state index contributed by atoms with van der Waals surface area (Å²) in [5, 5.41) is 0. The zero-order valence-electron chi connectivity index (χ0n) is 8.21. The lowest BCUT2D eigenvalue weighted by Crippen LogP contribution is -2.28. The predicted molar refractivity (Wildman–Crippen MR) is 50.6 cm³/mol. The van der Waals surface area contributed by atoms with Gasteiger partial charge in [0.1, 0.15) is 11.8 Å². The Balaban J connectivity index is 2.90. The summed E-state index contributed by atoms with van der Waals surface area (Å²) in [6, 6.07) is 3.77. The highest BCUT2D eigenvalue weighted by molar-refractivity contribution is 5.31. The molecule has 15 heavy (non-hydrogen) atoms. The molecule has 1 atom stereocenters. The van der Waals surface area contributed by atoms with E-state index in [4.69, 9.17) is 10.5 Å². The van der Waals surface area contributed by atoms with Crippen molar-refractivity contribution in [3.63, 3.8) is 0 Å². The minimum atomic E-state index is -4.43. The van der Waals surface area contributed by atoms with Crippen LogP contribution in [0, 0.1) is 0 Å². The summed E-state index contributed by atoms with van der Waals surface area (Å²) in [5.41, 5.74) is 5.06. The molecule has 1 rings (SSSR count). The maximum absolute atomic E-state index is 12.3. The molecule has 0 bridgehead atoms. The zero-order valence-corrected chi connectivity index (χ0v) is 8.21. The Morgan fingerprint density at radius 3 is 2.60 bits per heavy atom. The molecule has 2 N–H and O–H groups in total. The van der Waals surface area contributed by atoms with Gasteiger partial charge >= 0.3 is 6.18 Å². The molecule has 0 saturated heterocycles. The molecule has 0 aliphatic rings. The van der Waals surface area contributed by atoms with Gasteiger partial charge in [-0.15, -0.1) is 0 Å². The van der Waals surface area contributed by atoms with Crippen molar-refractivity contribution in [2.24, 2.45) is 5.73 Å². The van der Waals surface area contributed by atoms with Gasteiger partial charge in [-0.1, -0.05) is 12.1 Å². The van der Waals surface area contributed by atoms with Gasteiger partial charge in [0.25, 0.3) is 0 Å². The van der Waals surface area contributed by atoms with E-state index in [9.17, 15) is 13.2 Å². The van der Waals surface area contributed by atoms with Crippen molar-refractivity contribution in [3.8, 4) is 5.75 Å². The average molecular weight is 219 g/mol. The van der Waals surface area contributed by atoms with Gasteiger partial charge in [-0.25, -0.2) is 0 Å². The van der Waals surface area contributed by atoms with Crippen LogP contribution in [-0.4, -0.2) is 12.8 Å². The van der Waals surface area contributed by atoms with Gasteiger partial charge in [0, 0.05) is 0 Å². The first-order valence-corrected chi connectivity index (χ1v) is 4.50. The molecule has 0 spiro atoms. The first kappa shape index (κ1) is 11.8. The fraction of sp³-hybridized carbons (Fsp3) is 0.400. The molecule has 0 fully saturated rings. The van der Waals surface area contributed by atoms with Gasteiger partial charge in [0.05, 0.1) is 6.61 Å².